The van der Waals surface area contributed by atoms with Crippen LogP contribution in [0, 0.1) is 13.8 Å². The smallest absolute Gasteiger partial charge is 0.262 e. The third-order valence-corrected chi connectivity index (χ3v) is 3.02. The molecule has 13 heavy (non-hydrogen) atoms. The van der Waals surface area contributed by atoms with E-state index < -0.39 is 10.0 Å². The van der Waals surface area contributed by atoms with Crippen molar-refractivity contribution in [1.29, 1.82) is 0 Å². The fourth-order valence-corrected chi connectivity index (χ4v) is 1.98. The maximum atomic E-state index is 11.2. The Morgan fingerprint density at radius 2 is 1.92 bits per heavy atom. The predicted molar refractivity (Wildman–Crippen MR) is 48.0 cm³/mol. The Bertz CT molecular complexity index is 411. The van der Waals surface area contributed by atoms with Gasteiger partial charge >= 0.3 is 0 Å². The minimum absolute atomic E-state index is 0.0978. The van der Waals surface area contributed by atoms with Gasteiger partial charge in [0, 0.05) is 0 Å². The van der Waals surface area contributed by atoms with Crippen LogP contribution in [-0.4, -0.2) is 13.6 Å². The van der Waals surface area contributed by atoms with Crippen molar-refractivity contribution in [3.63, 3.8) is 0 Å². The zero-order chi connectivity index (χ0) is 10.1. The minimum Gasteiger partial charge on any atom is -0.302 e. The van der Waals surface area contributed by atoms with Crippen LogP contribution in [0.25, 0.3) is 0 Å². The largest absolute Gasteiger partial charge is 0.302 e. The maximum absolute atomic E-state index is 11.2. The monoisotopic (exact) mass is 201 g/mol. The van der Waals surface area contributed by atoms with Crippen LogP contribution in [-0.2, 0) is 10.0 Å². The number of nitrogens with one attached hydrogen (secondary N) is 1. The van der Waals surface area contributed by atoms with Crippen LogP contribution in [0.1, 0.15) is 11.1 Å². The lowest BCUT2D eigenvalue weighted by molar-refractivity contribution is 0.242. The lowest BCUT2D eigenvalue weighted by Gasteiger charge is -2.05. The Hall–Kier alpha value is -0.910. The molecule has 4 nitrogen and oxygen atoms in total. The van der Waals surface area contributed by atoms with Crippen molar-refractivity contribution in [3.8, 4) is 0 Å². The first-order valence-electron chi connectivity index (χ1n) is 3.70. The summed E-state index contributed by atoms with van der Waals surface area (Å²) in [7, 11) is -3.74. The molecule has 0 aliphatic heterocycles. The fraction of sp³-hybridized carbons (Fsp3) is 0.250. The highest BCUT2D eigenvalue weighted by Crippen LogP contribution is 2.15. The van der Waals surface area contributed by atoms with E-state index in [4.69, 9.17) is 5.21 Å². The summed E-state index contributed by atoms with van der Waals surface area (Å²) in [6.07, 6.45) is 0. The van der Waals surface area contributed by atoms with E-state index in [9.17, 15) is 8.42 Å². The molecule has 0 radical (unpaired) electrons. The highest BCUT2D eigenvalue weighted by Gasteiger charge is 2.14. The highest BCUT2D eigenvalue weighted by molar-refractivity contribution is 7.89. The number of hydrogen-bond acceptors (Lipinski definition) is 3. The van der Waals surface area contributed by atoms with Gasteiger partial charge in [-0.25, -0.2) is 8.42 Å². The van der Waals surface area contributed by atoms with E-state index >= 15 is 0 Å². The van der Waals surface area contributed by atoms with Gasteiger partial charge in [0.15, 0.2) is 0 Å². The first kappa shape index (κ1) is 10.2. The molecule has 0 saturated carbocycles. The minimum atomic E-state index is -3.74. The predicted octanol–water partition coefficient (Wildman–Crippen LogP) is 0.971. The number of hydrogen-bond donors (Lipinski definition) is 2. The van der Waals surface area contributed by atoms with Crippen molar-refractivity contribution in [1.82, 2.24) is 4.89 Å². The summed E-state index contributed by atoms with van der Waals surface area (Å²) >= 11 is 0. The van der Waals surface area contributed by atoms with Crippen molar-refractivity contribution in [2.75, 3.05) is 0 Å². The summed E-state index contributed by atoms with van der Waals surface area (Å²) in [4.78, 5) is 1.39. The van der Waals surface area contributed by atoms with Gasteiger partial charge in [0.05, 0.1) is 4.90 Å². The van der Waals surface area contributed by atoms with Crippen LogP contribution < -0.4 is 4.89 Å². The Balaban J connectivity index is 3.33. The standard InChI is InChI=1S/C8H11NO3S/c1-6-3-4-8(7(2)5-6)13(11,12)9-10/h3-5,9-10H,1-2H3. The molecule has 0 aliphatic carbocycles. The van der Waals surface area contributed by atoms with E-state index in [1.165, 1.54) is 11.0 Å². The molecule has 0 saturated heterocycles. The maximum Gasteiger partial charge on any atom is 0.262 e. The summed E-state index contributed by atoms with van der Waals surface area (Å²) in [6, 6.07) is 4.88. The molecule has 0 bridgehead atoms. The van der Waals surface area contributed by atoms with E-state index in [1.54, 1.807) is 19.1 Å². The van der Waals surface area contributed by atoms with Crippen LogP contribution in [0.4, 0.5) is 0 Å². The average Bonchev–Trinajstić information content (AvgIpc) is 2.03. The zero-order valence-corrected chi connectivity index (χ0v) is 8.22. The SMILES string of the molecule is Cc1ccc(S(=O)(=O)NO)c(C)c1. The zero-order valence-electron chi connectivity index (χ0n) is 7.40. The summed E-state index contributed by atoms with van der Waals surface area (Å²) in [5, 5.41) is 8.40. The van der Waals surface area contributed by atoms with Gasteiger partial charge in [-0.3, -0.25) is 0 Å². The Kier molecular flexibility index (Phi) is 2.70. The van der Waals surface area contributed by atoms with Gasteiger partial charge in [0.25, 0.3) is 10.0 Å². The Morgan fingerprint density at radius 1 is 1.31 bits per heavy atom. The number of benzene rings is 1. The molecule has 1 rings (SSSR count). The van der Waals surface area contributed by atoms with Crippen molar-refractivity contribution >= 4 is 10.0 Å². The third-order valence-electron chi connectivity index (χ3n) is 1.74. The first-order chi connectivity index (χ1) is 5.97. The van der Waals surface area contributed by atoms with E-state index in [1.807, 2.05) is 6.92 Å². The average molecular weight is 201 g/mol. The molecule has 0 aromatic heterocycles. The van der Waals surface area contributed by atoms with Crippen LogP contribution in [0.3, 0.4) is 0 Å². The van der Waals surface area contributed by atoms with E-state index in [0.29, 0.717) is 5.56 Å². The summed E-state index contributed by atoms with van der Waals surface area (Å²) in [5.41, 5.74) is 1.59. The first-order valence-corrected chi connectivity index (χ1v) is 5.19. The molecule has 0 heterocycles. The van der Waals surface area contributed by atoms with Crippen LogP contribution >= 0.6 is 0 Å². The van der Waals surface area contributed by atoms with Crippen LogP contribution in [0.5, 0.6) is 0 Å². The van der Waals surface area contributed by atoms with Crippen LogP contribution in [0.2, 0.25) is 0 Å². The van der Waals surface area contributed by atoms with Gasteiger partial charge in [-0.15, -0.1) is 0 Å². The van der Waals surface area contributed by atoms with Crippen LogP contribution in [0.15, 0.2) is 23.1 Å². The van der Waals surface area contributed by atoms with Crippen molar-refractivity contribution in [3.05, 3.63) is 29.3 Å². The van der Waals surface area contributed by atoms with Crippen molar-refractivity contribution < 1.29 is 13.6 Å². The van der Waals surface area contributed by atoms with Gasteiger partial charge < -0.3 is 5.21 Å². The molecule has 0 spiro atoms. The second kappa shape index (κ2) is 3.45. The van der Waals surface area contributed by atoms with Gasteiger partial charge in [-0.1, -0.05) is 22.6 Å². The normalized spacial score (nSPS) is 11.6. The highest BCUT2D eigenvalue weighted by atomic mass is 32.2. The molecule has 0 aliphatic rings. The van der Waals surface area contributed by atoms with Crippen molar-refractivity contribution in [2.45, 2.75) is 18.7 Å². The van der Waals surface area contributed by atoms with Gasteiger partial charge in [-0.05, 0) is 25.5 Å². The Labute approximate surface area is 77.2 Å². The molecule has 1 aromatic rings. The van der Waals surface area contributed by atoms with Gasteiger partial charge in [0.1, 0.15) is 0 Å². The molecule has 0 unspecified atom stereocenters. The number of rotatable bonds is 2. The van der Waals surface area contributed by atoms with E-state index in [0.717, 1.165) is 5.56 Å². The molecule has 5 heteroatoms. The second-order valence-electron chi connectivity index (χ2n) is 2.86. The lowest BCUT2D eigenvalue weighted by Crippen LogP contribution is -2.20. The second-order valence-corrected chi connectivity index (χ2v) is 4.49. The summed E-state index contributed by atoms with van der Waals surface area (Å²) < 4.78 is 22.3. The Morgan fingerprint density at radius 3 is 2.38 bits per heavy atom. The third kappa shape index (κ3) is 2.06. The van der Waals surface area contributed by atoms with Crippen molar-refractivity contribution in [2.24, 2.45) is 0 Å². The van der Waals surface area contributed by atoms with Gasteiger partial charge in [-0.2, -0.15) is 0 Å². The molecule has 2 N–H and O–H groups in total. The topological polar surface area (TPSA) is 66.4 Å². The van der Waals surface area contributed by atoms with Gasteiger partial charge in [0.2, 0.25) is 0 Å². The molecular weight excluding hydrogens is 190 g/mol. The van der Waals surface area contributed by atoms with E-state index in [-0.39, 0.29) is 4.90 Å². The summed E-state index contributed by atoms with van der Waals surface area (Å²) in [6.45, 7) is 3.55. The molecule has 0 atom stereocenters. The lowest BCUT2D eigenvalue weighted by atomic mass is 10.2. The number of aryl methyl sites for hydroxylation is 2. The fourth-order valence-electron chi connectivity index (χ4n) is 1.15. The molecule has 0 fully saturated rings. The summed E-state index contributed by atoms with van der Waals surface area (Å²) in [5.74, 6) is 0. The molecule has 72 valence electrons. The molecule has 1 aromatic carbocycles. The molecular formula is C8H11NO3S. The quantitative estimate of drug-likeness (QED) is 0.701. The van der Waals surface area contributed by atoms with E-state index in [2.05, 4.69) is 0 Å². The number of sulfonamides is 1. The molecule has 0 amide bonds.